The third-order valence-corrected chi connectivity index (χ3v) is 2.44. The molecule has 12 heavy (non-hydrogen) atoms. The summed E-state index contributed by atoms with van der Waals surface area (Å²) in [4.78, 5) is 10.6. The molecule has 0 aromatic heterocycles. The van der Waals surface area contributed by atoms with Crippen LogP contribution in [0.3, 0.4) is 0 Å². The van der Waals surface area contributed by atoms with Gasteiger partial charge in [0.1, 0.15) is 0 Å². The van der Waals surface area contributed by atoms with Gasteiger partial charge in [0.05, 0.1) is 11.3 Å². The lowest BCUT2D eigenvalue weighted by molar-refractivity contribution is 0.0698. The monoisotopic (exact) mass is 293 g/mol. The van der Waals surface area contributed by atoms with Crippen LogP contribution in [0, 0.1) is 0 Å². The van der Waals surface area contributed by atoms with Crippen LogP contribution >= 0.6 is 31.9 Å². The fourth-order valence-corrected chi connectivity index (χ4v) is 1.99. The van der Waals surface area contributed by atoms with E-state index in [2.05, 4.69) is 31.9 Å². The van der Waals surface area contributed by atoms with Gasteiger partial charge in [0.2, 0.25) is 0 Å². The molecular formula is C7H5Br2NO2. The first-order valence-corrected chi connectivity index (χ1v) is 4.59. The summed E-state index contributed by atoms with van der Waals surface area (Å²) in [5, 5.41) is 8.69. The molecule has 0 bridgehead atoms. The van der Waals surface area contributed by atoms with Gasteiger partial charge in [-0.05, 0) is 28.1 Å². The van der Waals surface area contributed by atoms with E-state index in [0.29, 0.717) is 8.95 Å². The van der Waals surface area contributed by atoms with E-state index in [1.165, 1.54) is 6.07 Å². The first kappa shape index (κ1) is 9.54. The average molecular weight is 295 g/mol. The summed E-state index contributed by atoms with van der Waals surface area (Å²) in [7, 11) is 0. The normalized spacial score (nSPS) is 9.83. The number of halogens is 2. The Morgan fingerprint density at radius 2 is 2.00 bits per heavy atom. The molecular weight excluding hydrogens is 290 g/mol. The molecule has 0 radical (unpaired) electrons. The van der Waals surface area contributed by atoms with Gasteiger partial charge in [-0.15, -0.1) is 0 Å². The number of carboxylic acid groups (broad SMARTS) is 1. The molecule has 0 aliphatic rings. The molecule has 0 aliphatic carbocycles. The van der Waals surface area contributed by atoms with Crippen molar-refractivity contribution in [2.45, 2.75) is 0 Å². The van der Waals surface area contributed by atoms with E-state index in [-0.39, 0.29) is 11.3 Å². The van der Waals surface area contributed by atoms with E-state index < -0.39 is 5.97 Å². The molecule has 0 spiro atoms. The summed E-state index contributed by atoms with van der Waals surface area (Å²) in [5.41, 5.74) is 5.84. The minimum Gasteiger partial charge on any atom is -0.478 e. The zero-order valence-electron chi connectivity index (χ0n) is 5.84. The second-order valence-corrected chi connectivity index (χ2v) is 3.92. The van der Waals surface area contributed by atoms with Crippen molar-refractivity contribution in [2.24, 2.45) is 0 Å². The van der Waals surface area contributed by atoms with Crippen LogP contribution in [-0.4, -0.2) is 11.1 Å². The molecule has 5 heteroatoms. The average Bonchev–Trinajstić information content (AvgIpc) is 1.96. The van der Waals surface area contributed by atoms with Crippen molar-refractivity contribution >= 4 is 43.5 Å². The number of rotatable bonds is 1. The summed E-state index contributed by atoms with van der Waals surface area (Å²) in [6.45, 7) is 0. The number of nitrogens with two attached hydrogens (primary N) is 1. The van der Waals surface area contributed by atoms with Gasteiger partial charge in [-0.25, -0.2) is 4.79 Å². The van der Waals surface area contributed by atoms with Crippen LogP contribution in [0.5, 0.6) is 0 Å². The highest BCUT2D eigenvalue weighted by molar-refractivity contribution is 9.11. The Hall–Kier alpha value is -0.550. The van der Waals surface area contributed by atoms with Crippen molar-refractivity contribution in [3.63, 3.8) is 0 Å². The maximum Gasteiger partial charge on any atom is 0.337 e. The molecule has 3 N–H and O–H groups in total. The quantitative estimate of drug-likeness (QED) is 0.782. The first-order valence-electron chi connectivity index (χ1n) is 3.00. The zero-order valence-corrected chi connectivity index (χ0v) is 9.02. The molecule has 1 aromatic carbocycles. The molecule has 0 unspecified atom stereocenters. The Kier molecular flexibility index (Phi) is 2.74. The Balaban J connectivity index is 3.37. The summed E-state index contributed by atoms with van der Waals surface area (Å²) >= 11 is 6.31. The fourth-order valence-electron chi connectivity index (χ4n) is 0.762. The zero-order chi connectivity index (χ0) is 9.30. The Morgan fingerprint density at radius 3 is 2.50 bits per heavy atom. The topological polar surface area (TPSA) is 63.3 Å². The number of hydrogen-bond acceptors (Lipinski definition) is 2. The number of carbonyl (C=O) groups is 1. The van der Waals surface area contributed by atoms with E-state index in [0.717, 1.165) is 0 Å². The second-order valence-electron chi connectivity index (χ2n) is 2.15. The first-order chi connectivity index (χ1) is 5.52. The molecule has 0 heterocycles. The van der Waals surface area contributed by atoms with E-state index in [9.17, 15) is 4.79 Å². The lowest BCUT2D eigenvalue weighted by atomic mass is 10.2. The van der Waals surface area contributed by atoms with Crippen molar-refractivity contribution in [3.8, 4) is 0 Å². The molecule has 1 aromatic rings. The SMILES string of the molecule is Nc1c(Br)cc(Br)cc1C(=O)O. The summed E-state index contributed by atoms with van der Waals surface area (Å²) < 4.78 is 1.26. The van der Waals surface area contributed by atoms with Crippen molar-refractivity contribution in [2.75, 3.05) is 5.73 Å². The Labute approximate surface area is 85.8 Å². The van der Waals surface area contributed by atoms with Crippen LogP contribution in [0.1, 0.15) is 10.4 Å². The summed E-state index contributed by atoms with van der Waals surface area (Å²) in [5.74, 6) is -1.03. The predicted octanol–water partition coefficient (Wildman–Crippen LogP) is 2.49. The maximum absolute atomic E-state index is 10.6. The highest BCUT2D eigenvalue weighted by atomic mass is 79.9. The number of anilines is 1. The molecule has 0 saturated carbocycles. The van der Waals surface area contributed by atoms with Crippen LogP contribution in [0.15, 0.2) is 21.1 Å². The number of hydrogen-bond donors (Lipinski definition) is 2. The van der Waals surface area contributed by atoms with Crippen LogP contribution < -0.4 is 5.73 Å². The Morgan fingerprint density at radius 1 is 1.42 bits per heavy atom. The molecule has 1 rings (SSSR count). The van der Waals surface area contributed by atoms with E-state index in [1.807, 2.05) is 0 Å². The number of nitrogen functional groups attached to an aromatic ring is 1. The van der Waals surface area contributed by atoms with Gasteiger partial charge in [0, 0.05) is 8.95 Å². The van der Waals surface area contributed by atoms with Crippen LogP contribution in [0.25, 0.3) is 0 Å². The van der Waals surface area contributed by atoms with E-state index in [1.54, 1.807) is 6.07 Å². The molecule has 0 aliphatic heterocycles. The third kappa shape index (κ3) is 1.78. The maximum atomic E-state index is 10.6. The van der Waals surface area contributed by atoms with Gasteiger partial charge in [0.15, 0.2) is 0 Å². The molecule has 0 atom stereocenters. The predicted molar refractivity (Wildman–Crippen MR) is 53.2 cm³/mol. The van der Waals surface area contributed by atoms with Crippen LogP contribution in [0.2, 0.25) is 0 Å². The number of benzene rings is 1. The summed E-state index contributed by atoms with van der Waals surface area (Å²) in [6, 6.07) is 3.16. The molecule has 64 valence electrons. The largest absolute Gasteiger partial charge is 0.478 e. The smallest absolute Gasteiger partial charge is 0.337 e. The van der Waals surface area contributed by atoms with Crippen molar-refractivity contribution < 1.29 is 9.90 Å². The Bertz CT molecular complexity index is 338. The summed E-state index contributed by atoms with van der Waals surface area (Å²) in [6.07, 6.45) is 0. The lowest BCUT2D eigenvalue weighted by Crippen LogP contribution is -2.02. The van der Waals surface area contributed by atoms with Gasteiger partial charge in [0.25, 0.3) is 0 Å². The van der Waals surface area contributed by atoms with Gasteiger partial charge < -0.3 is 10.8 Å². The standard InChI is InChI=1S/C7H5Br2NO2/c8-3-1-4(7(11)12)6(10)5(9)2-3/h1-2H,10H2,(H,11,12). The molecule has 3 nitrogen and oxygen atoms in total. The highest BCUT2D eigenvalue weighted by Gasteiger charge is 2.11. The molecule has 0 saturated heterocycles. The number of carboxylic acids is 1. The fraction of sp³-hybridized carbons (Fsp3) is 0. The van der Waals surface area contributed by atoms with Crippen LogP contribution in [0.4, 0.5) is 5.69 Å². The van der Waals surface area contributed by atoms with Crippen molar-refractivity contribution in [1.29, 1.82) is 0 Å². The number of aromatic carboxylic acids is 1. The van der Waals surface area contributed by atoms with Crippen molar-refractivity contribution in [1.82, 2.24) is 0 Å². The van der Waals surface area contributed by atoms with Gasteiger partial charge in [-0.3, -0.25) is 0 Å². The third-order valence-electron chi connectivity index (χ3n) is 1.32. The van der Waals surface area contributed by atoms with Crippen molar-refractivity contribution in [3.05, 3.63) is 26.6 Å². The molecule has 0 fully saturated rings. The van der Waals surface area contributed by atoms with E-state index in [4.69, 9.17) is 10.8 Å². The van der Waals surface area contributed by atoms with Gasteiger partial charge >= 0.3 is 5.97 Å². The second kappa shape index (κ2) is 3.45. The minimum absolute atomic E-state index is 0.0938. The minimum atomic E-state index is -1.03. The lowest BCUT2D eigenvalue weighted by Gasteiger charge is -2.03. The highest BCUT2D eigenvalue weighted by Crippen LogP contribution is 2.27. The van der Waals surface area contributed by atoms with Gasteiger partial charge in [-0.1, -0.05) is 15.9 Å². The van der Waals surface area contributed by atoms with Gasteiger partial charge in [-0.2, -0.15) is 0 Å². The van der Waals surface area contributed by atoms with Crippen LogP contribution in [-0.2, 0) is 0 Å². The van der Waals surface area contributed by atoms with E-state index >= 15 is 0 Å². The molecule has 0 amide bonds.